The summed E-state index contributed by atoms with van der Waals surface area (Å²) in [6, 6.07) is 4.53. The van der Waals surface area contributed by atoms with Crippen LogP contribution >= 0.6 is 27.3 Å². The van der Waals surface area contributed by atoms with Gasteiger partial charge in [-0.2, -0.15) is 5.10 Å². The summed E-state index contributed by atoms with van der Waals surface area (Å²) in [4.78, 5) is 5.68. The molecule has 0 amide bonds. The van der Waals surface area contributed by atoms with E-state index in [1.54, 1.807) is 11.3 Å². The standard InChI is InChI=1S/C17H26BrN5S/c1-11(10-15-12(2)22-23(5)13(15)3)21-17(19-4)20-9-8-14-6-7-16(18)24-14/h6-7,11H,8-10H2,1-5H3,(H2,19,20,21). The van der Waals surface area contributed by atoms with Crippen molar-refractivity contribution in [1.82, 2.24) is 20.4 Å². The average molecular weight is 412 g/mol. The predicted octanol–water partition coefficient (Wildman–Crippen LogP) is 3.20. The van der Waals surface area contributed by atoms with Crippen LogP contribution < -0.4 is 10.6 Å². The summed E-state index contributed by atoms with van der Waals surface area (Å²) in [5, 5.41) is 11.3. The minimum absolute atomic E-state index is 0.286. The molecular weight excluding hydrogens is 386 g/mol. The number of hydrogen-bond donors (Lipinski definition) is 2. The van der Waals surface area contributed by atoms with Gasteiger partial charge in [-0.05, 0) is 67.2 Å². The van der Waals surface area contributed by atoms with Crippen molar-refractivity contribution in [2.75, 3.05) is 13.6 Å². The van der Waals surface area contributed by atoms with E-state index in [1.807, 2.05) is 18.8 Å². The van der Waals surface area contributed by atoms with Crippen molar-refractivity contribution in [3.63, 3.8) is 0 Å². The molecular formula is C17H26BrN5S. The first-order chi connectivity index (χ1) is 11.4. The molecule has 2 aromatic rings. The number of thiophene rings is 1. The lowest BCUT2D eigenvalue weighted by atomic mass is 10.1. The van der Waals surface area contributed by atoms with Crippen molar-refractivity contribution in [1.29, 1.82) is 0 Å². The number of rotatable bonds is 6. The maximum Gasteiger partial charge on any atom is 0.191 e. The number of guanidine groups is 1. The summed E-state index contributed by atoms with van der Waals surface area (Å²) in [6.07, 6.45) is 1.93. The van der Waals surface area contributed by atoms with Crippen LogP contribution in [0.5, 0.6) is 0 Å². The number of halogens is 1. The normalized spacial score (nSPS) is 13.2. The van der Waals surface area contributed by atoms with Gasteiger partial charge in [-0.3, -0.25) is 9.67 Å². The molecule has 0 fully saturated rings. The van der Waals surface area contributed by atoms with E-state index in [9.17, 15) is 0 Å². The Morgan fingerprint density at radius 2 is 2.17 bits per heavy atom. The Bertz CT molecular complexity index is 704. The molecule has 1 unspecified atom stereocenters. The Morgan fingerprint density at radius 3 is 2.71 bits per heavy atom. The van der Waals surface area contributed by atoms with Crippen LogP contribution in [-0.4, -0.2) is 35.4 Å². The number of aliphatic imine (C=N–C) groups is 1. The summed E-state index contributed by atoms with van der Waals surface area (Å²) in [5.74, 6) is 0.845. The van der Waals surface area contributed by atoms with Crippen LogP contribution in [0.25, 0.3) is 0 Å². The van der Waals surface area contributed by atoms with Gasteiger partial charge >= 0.3 is 0 Å². The van der Waals surface area contributed by atoms with Crippen LogP contribution in [0.15, 0.2) is 20.9 Å². The highest BCUT2D eigenvalue weighted by atomic mass is 79.9. The summed E-state index contributed by atoms with van der Waals surface area (Å²) in [7, 11) is 3.80. The topological polar surface area (TPSA) is 54.2 Å². The fraction of sp³-hybridized carbons (Fsp3) is 0.529. The van der Waals surface area contributed by atoms with Gasteiger partial charge in [0.25, 0.3) is 0 Å². The highest BCUT2D eigenvalue weighted by Crippen LogP contribution is 2.22. The molecule has 2 aromatic heterocycles. The van der Waals surface area contributed by atoms with Crippen LogP contribution in [-0.2, 0) is 19.9 Å². The van der Waals surface area contributed by atoms with Gasteiger partial charge in [-0.1, -0.05) is 0 Å². The molecule has 0 spiro atoms. The van der Waals surface area contributed by atoms with E-state index in [1.165, 1.54) is 19.9 Å². The minimum Gasteiger partial charge on any atom is -0.356 e. The van der Waals surface area contributed by atoms with Crippen molar-refractivity contribution in [2.24, 2.45) is 12.0 Å². The second kappa shape index (κ2) is 8.67. The van der Waals surface area contributed by atoms with Crippen LogP contribution in [0, 0.1) is 13.8 Å². The zero-order chi connectivity index (χ0) is 17.7. The lowest BCUT2D eigenvalue weighted by molar-refractivity contribution is 0.635. The van der Waals surface area contributed by atoms with Gasteiger partial charge in [0.15, 0.2) is 5.96 Å². The van der Waals surface area contributed by atoms with Crippen molar-refractivity contribution in [3.05, 3.63) is 37.7 Å². The van der Waals surface area contributed by atoms with E-state index in [-0.39, 0.29) is 6.04 Å². The van der Waals surface area contributed by atoms with E-state index >= 15 is 0 Å². The lowest BCUT2D eigenvalue weighted by Gasteiger charge is -2.18. The highest BCUT2D eigenvalue weighted by Gasteiger charge is 2.13. The minimum atomic E-state index is 0.286. The molecule has 2 rings (SSSR count). The van der Waals surface area contributed by atoms with Gasteiger partial charge in [0.05, 0.1) is 9.48 Å². The molecule has 5 nitrogen and oxygen atoms in total. The van der Waals surface area contributed by atoms with Crippen molar-refractivity contribution in [3.8, 4) is 0 Å². The molecule has 1 atom stereocenters. The smallest absolute Gasteiger partial charge is 0.191 e. The molecule has 0 saturated carbocycles. The molecule has 0 aliphatic carbocycles. The van der Waals surface area contributed by atoms with Crippen LogP contribution in [0.4, 0.5) is 0 Å². The van der Waals surface area contributed by atoms with Crippen molar-refractivity contribution < 1.29 is 0 Å². The fourth-order valence-corrected chi connectivity index (χ4v) is 4.17. The van der Waals surface area contributed by atoms with Gasteiger partial charge in [0.1, 0.15) is 0 Å². The van der Waals surface area contributed by atoms with E-state index in [4.69, 9.17) is 0 Å². The molecule has 0 radical (unpaired) electrons. The second-order valence-electron chi connectivity index (χ2n) is 5.98. The van der Waals surface area contributed by atoms with Crippen LogP contribution in [0.2, 0.25) is 0 Å². The van der Waals surface area contributed by atoms with E-state index < -0.39 is 0 Å². The molecule has 7 heteroatoms. The summed E-state index contributed by atoms with van der Waals surface area (Å²) >= 11 is 5.27. The number of aromatic nitrogens is 2. The first-order valence-corrected chi connectivity index (χ1v) is 9.72. The third-order valence-corrected chi connectivity index (χ3v) is 5.75. The molecule has 24 heavy (non-hydrogen) atoms. The number of aryl methyl sites for hydroxylation is 2. The summed E-state index contributed by atoms with van der Waals surface area (Å²) < 4.78 is 3.12. The molecule has 2 heterocycles. The maximum absolute atomic E-state index is 4.49. The quantitative estimate of drug-likeness (QED) is 0.566. The van der Waals surface area contributed by atoms with Crippen LogP contribution in [0.1, 0.15) is 28.8 Å². The monoisotopic (exact) mass is 411 g/mol. The number of nitrogens with one attached hydrogen (secondary N) is 2. The molecule has 132 valence electrons. The van der Waals surface area contributed by atoms with Crippen molar-refractivity contribution >= 4 is 33.2 Å². The van der Waals surface area contributed by atoms with E-state index in [2.05, 4.69) is 69.6 Å². The lowest BCUT2D eigenvalue weighted by Crippen LogP contribution is -2.43. The molecule has 0 aliphatic heterocycles. The third-order valence-electron chi connectivity index (χ3n) is 4.07. The Hall–Kier alpha value is -1.34. The predicted molar refractivity (Wildman–Crippen MR) is 106 cm³/mol. The molecule has 2 N–H and O–H groups in total. The molecule has 0 bridgehead atoms. The Morgan fingerprint density at radius 1 is 1.42 bits per heavy atom. The van der Waals surface area contributed by atoms with Crippen molar-refractivity contribution in [2.45, 2.75) is 39.7 Å². The average Bonchev–Trinajstić information content (AvgIpc) is 3.05. The maximum atomic E-state index is 4.49. The van der Waals surface area contributed by atoms with Crippen LogP contribution in [0.3, 0.4) is 0 Å². The summed E-state index contributed by atoms with van der Waals surface area (Å²) in [5.41, 5.74) is 3.65. The van der Waals surface area contributed by atoms with Gasteiger partial charge < -0.3 is 10.6 Å². The number of hydrogen-bond acceptors (Lipinski definition) is 3. The second-order valence-corrected chi connectivity index (χ2v) is 8.52. The Labute approximate surface area is 156 Å². The van der Waals surface area contributed by atoms with Gasteiger partial charge in [0, 0.05) is 37.3 Å². The Kier molecular flexibility index (Phi) is 6.86. The van der Waals surface area contributed by atoms with E-state index in [0.29, 0.717) is 0 Å². The zero-order valence-electron chi connectivity index (χ0n) is 15.0. The first kappa shape index (κ1) is 19.0. The van der Waals surface area contributed by atoms with Gasteiger partial charge in [-0.15, -0.1) is 11.3 Å². The molecule has 0 aliphatic rings. The zero-order valence-corrected chi connectivity index (χ0v) is 17.4. The Balaban J connectivity index is 1.83. The number of nitrogens with zero attached hydrogens (tertiary/aromatic N) is 3. The highest BCUT2D eigenvalue weighted by molar-refractivity contribution is 9.11. The molecule has 0 aromatic carbocycles. The molecule has 0 saturated heterocycles. The van der Waals surface area contributed by atoms with E-state index in [0.717, 1.165) is 31.0 Å². The third kappa shape index (κ3) is 5.08. The first-order valence-electron chi connectivity index (χ1n) is 8.11. The SMILES string of the molecule is CN=C(NCCc1ccc(Br)s1)NC(C)Cc1c(C)nn(C)c1C. The largest absolute Gasteiger partial charge is 0.356 e. The fourth-order valence-electron chi connectivity index (χ4n) is 2.69. The summed E-state index contributed by atoms with van der Waals surface area (Å²) in [6.45, 7) is 7.23. The van der Waals surface area contributed by atoms with Gasteiger partial charge in [0.2, 0.25) is 0 Å². The van der Waals surface area contributed by atoms with Gasteiger partial charge in [-0.25, -0.2) is 0 Å².